The van der Waals surface area contributed by atoms with Gasteiger partial charge < -0.3 is 5.11 Å². The van der Waals surface area contributed by atoms with Gasteiger partial charge in [-0.15, -0.1) is 11.3 Å². The zero-order valence-electron chi connectivity index (χ0n) is 15.4. The maximum Gasteiger partial charge on any atom is 0.0645 e. The molecule has 2 aromatic heterocycles. The molecule has 0 radical (unpaired) electrons. The molecule has 3 heterocycles. The Balaban J connectivity index is 1.38. The molecule has 0 spiro atoms. The highest BCUT2D eigenvalue weighted by molar-refractivity contribution is 7.09. The van der Waals surface area contributed by atoms with Crippen LogP contribution in [0, 0.1) is 0 Å². The number of aromatic nitrogens is 2. The van der Waals surface area contributed by atoms with Gasteiger partial charge in [0.1, 0.15) is 0 Å². The van der Waals surface area contributed by atoms with Crippen LogP contribution in [0.3, 0.4) is 0 Å². The van der Waals surface area contributed by atoms with E-state index in [-0.39, 0.29) is 6.61 Å². The fourth-order valence-corrected chi connectivity index (χ4v) is 4.49. The summed E-state index contributed by atoms with van der Waals surface area (Å²) in [6, 6.07) is 14.9. The smallest absolute Gasteiger partial charge is 0.0645 e. The first kappa shape index (κ1) is 18.4. The third-order valence-electron chi connectivity index (χ3n) is 5.15. The normalized spacial score (nSPS) is 18.8. The summed E-state index contributed by atoms with van der Waals surface area (Å²) in [5, 5.41) is 16.2. The SMILES string of the molecule is OCC[C@H]1CN(Cc2cnn(-c3ccccc3)c2)CCN1Cc1cccs1. The van der Waals surface area contributed by atoms with Crippen LogP contribution in [-0.4, -0.2) is 57.0 Å². The van der Waals surface area contributed by atoms with Crippen LogP contribution in [0.15, 0.2) is 60.2 Å². The van der Waals surface area contributed by atoms with Crippen molar-refractivity contribution in [3.63, 3.8) is 0 Å². The summed E-state index contributed by atoms with van der Waals surface area (Å²) >= 11 is 1.81. The van der Waals surface area contributed by atoms with Crippen LogP contribution in [0.4, 0.5) is 0 Å². The van der Waals surface area contributed by atoms with Gasteiger partial charge in [-0.1, -0.05) is 24.3 Å². The van der Waals surface area contributed by atoms with E-state index < -0.39 is 0 Å². The third-order valence-corrected chi connectivity index (χ3v) is 6.01. The number of para-hydroxylation sites is 1. The Morgan fingerprint density at radius 1 is 1.07 bits per heavy atom. The van der Waals surface area contributed by atoms with Crippen molar-refractivity contribution in [2.24, 2.45) is 0 Å². The number of hydrogen-bond donors (Lipinski definition) is 1. The molecule has 1 aliphatic rings. The lowest BCUT2D eigenvalue weighted by Gasteiger charge is -2.41. The van der Waals surface area contributed by atoms with E-state index in [1.807, 2.05) is 40.4 Å². The Hall–Kier alpha value is -1.99. The van der Waals surface area contributed by atoms with Crippen molar-refractivity contribution in [3.05, 3.63) is 70.7 Å². The topological polar surface area (TPSA) is 44.5 Å². The minimum atomic E-state index is 0.241. The van der Waals surface area contributed by atoms with E-state index in [0.717, 1.165) is 44.8 Å². The van der Waals surface area contributed by atoms with Crippen molar-refractivity contribution in [3.8, 4) is 5.69 Å². The van der Waals surface area contributed by atoms with Crippen molar-refractivity contribution in [1.82, 2.24) is 19.6 Å². The minimum absolute atomic E-state index is 0.241. The molecule has 5 nitrogen and oxygen atoms in total. The highest BCUT2D eigenvalue weighted by Crippen LogP contribution is 2.20. The Morgan fingerprint density at radius 2 is 1.96 bits per heavy atom. The molecule has 0 unspecified atom stereocenters. The molecule has 1 aliphatic heterocycles. The monoisotopic (exact) mass is 382 g/mol. The lowest BCUT2D eigenvalue weighted by molar-refractivity contribution is 0.0506. The number of piperazine rings is 1. The molecule has 142 valence electrons. The second-order valence-electron chi connectivity index (χ2n) is 7.08. The first-order valence-corrected chi connectivity index (χ1v) is 10.4. The van der Waals surface area contributed by atoms with Crippen molar-refractivity contribution in [1.29, 1.82) is 0 Å². The predicted molar refractivity (Wildman–Crippen MR) is 109 cm³/mol. The summed E-state index contributed by atoms with van der Waals surface area (Å²) in [6.07, 6.45) is 4.91. The van der Waals surface area contributed by atoms with Crippen LogP contribution in [-0.2, 0) is 13.1 Å². The summed E-state index contributed by atoms with van der Waals surface area (Å²) in [5.74, 6) is 0. The second kappa shape index (κ2) is 8.80. The molecule has 0 bridgehead atoms. The zero-order chi connectivity index (χ0) is 18.5. The van der Waals surface area contributed by atoms with Crippen LogP contribution < -0.4 is 0 Å². The number of nitrogens with zero attached hydrogens (tertiary/aromatic N) is 4. The molecule has 1 aromatic carbocycles. The van der Waals surface area contributed by atoms with Crippen LogP contribution in [0.1, 0.15) is 16.9 Å². The largest absolute Gasteiger partial charge is 0.396 e. The van der Waals surface area contributed by atoms with Gasteiger partial charge in [0.2, 0.25) is 0 Å². The van der Waals surface area contributed by atoms with E-state index in [9.17, 15) is 5.11 Å². The molecule has 6 heteroatoms. The summed E-state index contributed by atoms with van der Waals surface area (Å²) in [5.41, 5.74) is 2.32. The van der Waals surface area contributed by atoms with Crippen LogP contribution in [0.2, 0.25) is 0 Å². The van der Waals surface area contributed by atoms with Gasteiger partial charge in [0.25, 0.3) is 0 Å². The van der Waals surface area contributed by atoms with Crippen molar-refractivity contribution >= 4 is 11.3 Å². The van der Waals surface area contributed by atoms with E-state index in [1.54, 1.807) is 0 Å². The molecule has 0 aliphatic carbocycles. The molecule has 3 aromatic rings. The highest BCUT2D eigenvalue weighted by Gasteiger charge is 2.27. The van der Waals surface area contributed by atoms with Crippen molar-refractivity contribution in [2.45, 2.75) is 25.6 Å². The molecule has 4 rings (SSSR count). The maximum absolute atomic E-state index is 9.51. The van der Waals surface area contributed by atoms with E-state index >= 15 is 0 Å². The molecule has 0 saturated carbocycles. The minimum Gasteiger partial charge on any atom is -0.396 e. The molecular formula is C21H26N4OS. The van der Waals surface area contributed by atoms with Gasteiger partial charge in [0.05, 0.1) is 11.9 Å². The van der Waals surface area contributed by atoms with Crippen molar-refractivity contribution < 1.29 is 5.11 Å². The van der Waals surface area contributed by atoms with Gasteiger partial charge in [-0.3, -0.25) is 9.80 Å². The van der Waals surface area contributed by atoms with E-state index in [2.05, 4.69) is 50.7 Å². The average Bonchev–Trinajstić information content (AvgIpc) is 3.37. The molecule has 27 heavy (non-hydrogen) atoms. The van der Waals surface area contributed by atoms with E-state index in [0.29, 0.717) is 6.04 Å². The summed E-state index contributed by atoms with van der Waals surface area (Å²) in [6.45, 7) is 5.21. The summed E-state index contributed by atoms with van der Waals surface area (Å²) in [4.78, 5) is 6.40. The molecule has 1 fully saturated rings. The highest BCUT2D eigenvalue weighted by atomic mass is 32.1. The number of thiophene rings is 1. The lowest BCUT2D eigenvalue weighted by Crippen LogP contribution is -2.52. The first-order chi connectivity index (χ1) is 13.3. The molecule has 1 saturated heterocycles. The van der Waals surface area contributed by atoms with E-state index in [4.69, 9.17) is 0 Å². The summed E-state index contributed by atoms with van der Waals surface area (Å²) < 4.78 is 1.94. The molecule has 0 amide bonds. The zero-order valence-corrected chi connectivity index (χ0v) is 16.3. The van der Waals surface area contributed by atoms with Gasteiger partial charge in [-0.25, -0.2) is 4.68 Å². The van der Waals surface area contributed by atoms with Gasteiger partial charge in [0.15, 0.2) is 0 Å². The number of benzene rings is 1. The van der Waals surface area contributed by atoms with Gasteiger partial charge >= 0.3 is 0 Å². The van der Waals surface area contributed by atoms with Crippen molar-refractivity contribution in [2.75, 3.05) is 26.2 Å². The Kier molecular flexibility index (Phi) is 5.99. The molecular weight excluding hydrogens is 356 g/mol. The van der Waals surface area contributed by atoms with Gasteiger partial charge in [-0.2, -0.15) is 5.10 Å². The number of aliphatic hydroxyl groups is 1. The Morgan fingerprint density at radius 3 is 2.74 bits per heavy atom. The van der Waals surface area contributed by atoms with Gasteiger partial charge in [-0.05, 0) is 30.0 Å². The number of aliphatic hydroxyl groups excluding tert-OH is 1. The predicted octanol–water partition coefficient (Wildman–Crippen LogP) is 3.00. The average molecular weight is 383 g/mol. The first-order valence-electron chi connectivity index (χ1n) is 9.50. The maximum atomic E-state index is 9.51. The van der Waals surface area contributed by atoms with Gasteiger partial charge in [0, 0.05) is 62.0 Å². The quantitative estimate of drug-likeness (QED) is 0.682. The molecule has 1 N–H and O–H groups in total. The van der Waals surface area contributed by atoms with Crippen LogP contribution >= 0.6 is 11.3 Å². The fourth-order valence-electron chi connectivity index (χ4n) is 3.76. The fraction of sp³-hybridized carbons (Fsp3) is 0.381. The Labute approximate surface area is 164 Å². The standard InChI is InChI=1S/C21H26N4OS/c26-11-8-20-16-23(9-10-24(20)17-21-7-4-12-27-21)14-18-13-22-25(15-18)19-5-2-1-3-6-19/h1-7,12-13,15,20,26H,8-11,14,16-17H2/t20-/m0/s1. The number of hydrogen-bond acceptors (Lipinski definition) is 5. The molecule has 1 atom stereocenters. The van der Waals surface area contributed by atoms with Crippen LogP contribution in [0.5, 0.6) is 0 Å². The van der Waals surface area contributed by atoms with E-state index in [1.165, 1.54) is 10.4 Å². The Bertz CT molecular complexity index is 818. The third kappa shape index (κ3) is 4.65. The lowest BCUT2D eigenvalue weighted by atomic mass is 10.1. The second-order valence-corrected chi connectivity index (χ2v) is 8.11. The number of rotatable bonds is 7. The van der Waals surface area contributed by atoms with Crippen LogP contribution in [0.25, 0.3) is 5.69 Å². The summed E-state index contributed by atoms with van der Waals surface area (Å²) in [7, 11) is 0.